The van der Waals surface area contributed by atoms with Crippen LogP contribution in [0, 0.1) is 13.8 Å². The maximum absolute atomic E-state index is 6.06. The lowest BCUT2D eigenvalue weighted by Gasteiger charge is -2.16. The first kappa shape index (κ1) is 17.7. The Balaban J connectivity index is 1.67. The van der Waals surface area contributed by atoms with E-state index in [1.165, 1.54) is 5.56 Å². The SMILES string of the molecule is CCc1cc(NCc2ccc(C)cc2OCC2CCCO2)nc(C)n1. The lowest BCUT2D eigenvalue weighted by molar-refractivity contribution is 0.0676. The number of benzene rings is 1. The van der Waals surface area contributed by atoms with E-state index in [0.717, 1.165) is 54.5 Å². The van der Waals surface area contributed by atoms with Crippen LogP contribution < -0.4 is 10.1 Å². The van der Waals surface area contributed by atoms with Crippen molar-refractivity contribution in [1.82, 2.24) is 9.97 Å². The van der Waals surface area contributed by atoms with Crippen molar-refractivity contribution in [3.63, 3.8) is 0 Å². The lowest BCUT2D eigenvalue weighted by Crippen LogP contribution is -2.17. The minimum Gasteiger partial charge on any atom is -0.491 e. The number of aromatic nitrogens is 2. The summed E-state index contributed by atoms with van der Waals surface area (Å²) in [5, 5.41) is 3.40. The highest BCUT2D eigenvalue weighted by molar-refractivity contribution is 5.42. The molecule has 5 nitrogen and oxygen atoms in total. The van der Waals surface area contributed by atoms with Gasteiger partial charge in [-0.2, -0.15) is 0 Å². The first-order valence-corrected chi connectivity index (χ1v) is 9.06. The third-order valence-electron chi connectivity index (χ3n) is 4.38. The van der Waals surface area contributed by atoms with E-state index in [-0.39, 0.29) is 6.10 Å². The molecular formula is C20H27N3O2. The fourth-order valence-electron chi connectivity index (χ4n) is 2.99. The van der Waals surface area contributed by atoms with Crippen LogP contribution in [-0.4, -0.2) is 29.3 Å². The van der Waals surface area contributed by atoms with Crippen LogP contribution in [0.5, 0.6) is 5.75 Å². The molecule has 0 radical (unpaired) electrons. The molecule has 0 bridgehead atoms. The lowest BCUT2D eigenvalue weighted by atomic mass is 10.1. The highest BCUT2D eigenvalue weighted by Crippen LogP contribution is 2.23. The van der Waals surface area contributed by atoms with Gasteiger partial charge in [-0.3, -0.25) is 0 Å². The Morgan fingerprint density at radius 1 is 1.24 bits per heavy atom. The van der Waals surface area contributed by atoms with Crippen molar-refractivity contribution in [2.75, 3.05) is 18.5 Å². The molecular weight excluding hydrogens is 314 g/mol. The van der Waals surface area contributed by atoms with E-state index in [1.54, 1.807) is 0 Å². The Morgan fingerprint density at radius 2 is 2.12 bits per heavy atom. The first-order valence-electron chi connectivity index (χ1n) is 9.06. The second-order valence-electron chi connectivity index (χ2n) is 6.56. The molecule has 1 aliphatic heterocycles. The van der Waals surface area contributed by atoms with Crippen LogP contribution in [0.4, 0.5) is 5.82 Å². The topological polar surface area (TPSA) is 56.3 Å². The predicted molar refractivity (Wildman–Crippen MR) is 99.1 cm³/mol. The highest BCUT2D eigenvalue weighted by Gasteiger charge is 2.17. The van der Waals surface area contributed by atoms with Crippen LogP contribution in [0.3, 0.4) is 0 Å². The molecule has 0 spiro atoms. The second kappa shape index (κ2) is 8.30. The van der Waals surface area contributed by atoms with Gasteiger partial charge in [0.15, 0.2) is 0 Å². The zero-order chi connectivity index (χ0) is 17.6. The number of anilines is 1. The minimum absolute atomic E-state index is 0.220. The molecule has 0 saturated carbocycles. The standard InChI is InChI=1S/C20H27N3O2/c1-4-17-11-20(23-15(3)22-17)21-12-16-8-7-14(2)10-19(16)25-13-18-6-5-9-24-18/h7-8,10-11,18H,4-6,9,12-13H2,1-3H3,(H,21,22,23). The summed E-state index contributed by atoms with van der Waals surface area (Å²) in [5.41, 5.74) is 3.36. The van der Waals surface area contributed by atoms with E-state index in [2.05, 4.69) is 47.3 Å². The summed E-state index contributed by atoms with van der Waals surface area (Å²) in [6.45, 7) is 8.24. The van der Waals surface area contributed by atoms with Gasteiger partial charge in [-0.1, -0.05) is 19.1 Å². The second-order valence-corrected chi connectivity index (χ2v) is 6.56. The van der Waals surface area contributed by atoms with Gasteiger partial charge in [0.25, 0.3) is 0 Å². The van der Waals surface area contributed by atoms with E-state index in [4.69, 9.17) is 9.47 Å². The van der Waals surface area contributed by atoms with E-state index in [9.17, 15) is 0 Å². The number of rotatable bonds is 7. The molecule has 134 valence electrons. The van der Waals surface area contributed by atoms with Crippen LogP contribution in [0.15, 0.2) is 24.3 Å². The predicted octanol–water partition coefficient (Wildman–Crippen LogP) is 3.83. The Morgan fingerprint density at radius 3 is 2.88 bits per heavy atom. The number of ether oxygens (including phenoxy) is 2. The summed E-state index contributed by atoms with van der Waals surface area (Å²) in [7, 11) is 0. The fraction of sp³-hybridized carbons (Fsp3) is 0.500. The summed E-state index contributed by atoms with van der Waals surface area (Å²) in [6, 6.07) is 8.32. The van der Waals surface area contributed by atoms with Gasteiger partial charge in [-0.05, 0) is 44.7 Å². The van der Waals surface area contributed by atoms with Gasteiger partial charge >= 0.3 is 0 Å². The number of hydrogen-bond acceptors (Lipinski definition) is 5. The molecule has 2 aromatic rings. The average molecular weight is 341 g/mol. The average Bonchev–Trinajstić information content (AvgIpc) is 3.12. The van der Waals surface area contributed by atoms with Crippen molar-refractivity contribution in [2.45, 2.75) is 52.7 Å². The molecule has 1 aliphatic rings. The summed E-state index contributed by atoms with van der Waals surface area (Å²) < 4.78 is 11.7. The smallest absolute Gasteiger partial charge is 0.130 e. The molecule has 1 aromatic heterocycles. The van der Waals surface area contributed by atoms with E-state index < -0.39 is 0 Å². The zero-order valence-corrected chi connectivity index (χ0v) is 15.3. The quantitative estimate of drug-likeness (QED) is 0.829. The van der Waals surface area contributed by atoms with Gasteiger partial charge in [-0.15, -0.1) is 0 Å². The third-order valence-corrected chi connectivity index (χ3v) is 4.38. The largest absolute Gasteiger partial charge is 0.491 e. The minimum atomic E-state index is 0.220. The molecule has 1 unspecified atom stereocenters. The normalized spacial score (nSPS) is 16.8. The monoisotopic (exact) mass is 341 g/mol. The van der Waals surface area contributed by atoms with E-state index >= 15 is 0 Å². The van der Waals surface area contributed by atoms with Gasteiger partial charge in [-0.25, -0.2) is 9.97 Å². The van der Waals surface area contributed by atoms with E-state index in [0.29, 0.717) is 13.2 Å². The van der Waals surface area contributed by atoms with Crippen molar-refractivity contribution in [3.8, 4) is 5.75 Å². The Bertz CT molecular complexity index is 712. The Hall–Kier alpha value is -2.14. The third kappa shape index (κ3) is 4.92. The molecule has 1 fully saturated rings. The van der Waals surface area contributed by atoms with E-state index in [1.807, 2.05) is 13.0 Å². The zero-order valence-electron chi connectivity index (χ0n) is 15.3. The van der Waals surface area contributed by atoms with Gasteiger partial charge in [0.05, 0.1) is 6.10 Å². The van der Waals surface area contributed by atoms with Crippen molar-refractivity contribution in [2.24, 2.45) is 0 Å². The maximum Gasteiger partial charge on any atom is 0.130 e. The van der Waals surface area contributed by atoms with Gasteiger partial charge in [0, 0.05) is 30.5 Å². The molecule has 3 rings (SSSR count). The fourth-order valence-corrected chi connectivity index (χ4v) is 2.99. The molecule has 25 heavy (non-hydrogen) atoms. The van der Waals surface area contributed by atoms with Crippen molar-refractivity contribution >= 4 is 5.82 Å². The molecule has 5 heteroatoms. The van der Waals surface area contributed by atoms with Crippen LogP contribution in [0.25, 0.3) is 0 Å². The van der Waals surface area contributed by atoms with Crippen LogP contribution in [-0.2, 0) is 17.7 Å². The number of nitrogens with zero attached hydrogens (tertiary/aromatic N) is 2. The molecule has 1 atom stereocenters. The van der Waals surface area contributed by atoms with Crippen molar-refractivity contribution < 1.29 is 9.47 Å². The molecule has 2 heterocycles. The van der Waals surface area contributed by atoms with Gasteiger partial charge < -0.3 is 14.8 Å². The summed E-state index contributed by atoms with van der Waals surface area (Å²) >= 11 is 0. The van der Waals surface area contributed by atoms with Crippen LogP contribution >= 0.6 is 0 Å². The molecule has 0 aliphatic carbocycles. The summed E-state index contributed by atoms with van der Waals surface area (Å²) in [6.07, 6.45) is 3.33. The summed E-state index contributed by atoms with van der Waals surface area (Å²) in [4.78, 5) is 8.89. The maximum atomic E-state index is 6.06. The molecule has 1 aromatic carbocycles. The van der Waals surface area contributed by atoms with Crippen molar-refractivity contribution in [3.05, 3.63) is 46.9 Å². The van der Waals surface area contributed by atoms with Crippen LogP contribution in [0.2, 0.25) is 0 Å². The number of nitrogens with one attached hydrogen (secondary N) is 1. The Labute approximate surface area is 149 Å². The highest BCUT2D eigenvalue weighted by atomic mass is 16.5. The van der Waals surface area contributed by atoms with Gasteiger partial charge in [0.2, 0.25) is 0 Å². The Kier molecular flexibility index (Phi) is 5.87. The van der Waals surface area contributed by atoms with Crippen molar-refractivity contribution in [1.29, 1.82) is 0 Å². The summed E-state index contributed by atoms with van der Waals surface area (Å²) in [5.74, 6) is 2.57. The first-order chi connectivity index (χ1) is 12.1. The van der Waals surface area contributed by atoms with Crippen LogP contribution in [0.1, 0.15) is 42.4 Å². The molecule has 1 saturated heterocycles. The number of hydrogen-bond donors (Lipinski definition) is 1. The number of aryl methyl sites for hydroxylation is 3. The van der Waals surface area contributed by atoms with Gasteiger partial charge in [0.1, 0.15) is 24.0 Å². The molecule has 0 amide bonds. The molecule has 1 N–H and O–H groups in total.